The second kappa shape index (κ2) is 16.3. The minimum Gasteiger partial charge on any atom is -0.481 e. The van der Waals surface area contributed by atoms with E-state index in [9.17, 15) is 47.0 Å². The number of hydrogen-bond acceptors (Lipinski definition) is 6. The Morgan fingerprint density at radius 1 is 0.848 bits per heavy atom. The molecule has 0 saturated heterocycles. The Morgan fingerprint density at radius 3 is 1.96 bits per heavy atom. The molecule has 250 valence electrons. The van der Waals surface area contributed by atoms with E-state index >= 15 is 0 Å². The topological polar surface area (TPSA) is 147 Å². The van der Waals surface area contributed by atoms with E-state index in [0.29, 0.717) is 17.5 Å². The predicted octanol–water partition coefficient (Wildman–Crippen LogP) is 4.74. The molecule has 46 heavy (non-hydrogen) atoms. The Bertz CT molecular complexity index is 1410. The summed E-state index contributed by atoms with van der Waals surface area (Å²) in [7, 11) is 0. The molecule has 9 nitrogen and oxygen atoms in total. The third kappa shape index (κ3) is 11.2. The number of hydrogen-bond donors (Lipinski definition) is 3. The van der Waals surface area contributed by atoms with Crippen molar-refractivity contribution in [2.24, 2.45) is 17.3 Å². The van der Waals surface area contributed by atoms with E-state index < -0.39 is 70.4 Å². The van der Waals surface area contributed by atoms with Gasteiger partial charge in [-0.1, -0.05) is 62.7 Å². The van der Waals surface area contributed by atoms with Gasteiger partial charge in [-0.15, -0.1) is 0 Å². The minimum atomic E-state index is -4.55. The number of ketones is 3. The van der Waals surface area contributed by atoms with Gasteiger partial charge in [0.15, 0.2) is 5.78 Å². The van der Waals surface area contributed by atoms with Gasteiger partial charge >= 0.3 is 12.1 Å². The maximum atomic E-state index is 13.4. The number of amides is 2. The van der Waals surface area contributed by atoms with Crippen molar-refractivity contribution in [2.75, 3.05) is 0 Å². The lowest BCUT2D eigenvalue weighted by atomic mass is 9.82. The first kappa shape index (κ1) is 37.8. The van der Waals surface area contributed by atoms with Crippen LogP contribution < -0.4 is 10.6 Å². The smallest absolute Gasteiger partial charge is 0.416 e. The Morgan fingerprint density at radius 2 is 1.43 bits per heavy atom. The number of halogens is 3. The summed E-state index contributed by atoms with van der Waals surface area (Å²) in [6.45, 7) is 7.44. The highest BCUT2D eigenvalue weighted by atomic mass is 19.4. The summed E-state index contributed by atoms with van der Waals surface area (Å²) in [5, 5.41) is 14.2. The predicted molar refractivity (Wildman–Crippen MR) is 163 cm³/mol. The Hall–Kier alpha value is -4.35. The van der Waals surface area contributed by atoms with Crippen LogP contribution in [0.15, 0.2) is 54.6 Å². The van der Waals surface area contributed by atoms with E-state index in [-0.39, 0.29) is 31.5 Å². The molecule has 0 aliphatic carbocycles. The second-order valence-corrected chi connectivity index (χ2v) is 12.3. The van der Waals surface area contributed by atoms with Crippen molar-refractivity contribution in [1.29, 1.82) is 0 Å². The third-order valence-electron chi connectivity index (χ3n) is 7.87. The standard InChI is InChI=1S/C34H41F3N2O7/c1-6-20(2)28(27(41)19-33(4,5)32(45)46)39-31(44)29(42)21(3)38-30(43)24(18-26(40)17-22-10-8-7-9-11-22)16-23-12-14-25(15-13-23)34(35,36)37/h7-15,20-21,24,28H,6,16-19H2,1-5H3,(H,38,43)(H,39,44)(H,45,46). The number of rotatable bonds is 17. The largest absolute Gasteiger partial charge is 0.481 e. The lowest BCUT2D eigenvalue weighted by Crippen LogP contribution is -2.53. The molecule has 0 aromatic heterocycles. The average Bonchev–Trinajstić information content (AvgIpc) is 2.98. The monoisotopic (exact) mass is 646 g/mol. The molecule has 0 aliphatic rings. The van der Waals surface area contributed by atoms with E-state index in [1.807, 2.05) is 0 Å². The molecular formula is C34H41F3N2O7. The van der Waals surface area contributed by atoms with Gasteiger partial charge in [0.05, 0.1) is 23.1 Å². The highest BCUT2D eigenvalue weighted by Crippen LogP contribution is 2.30. The number of Topliss-reactive ketones (excluding diaryl/α,β-unsaturated/α-hetero) is 3. The molecule has 0 radical (unpaired) electrons. The zero-order valence-electron chi connectivity index (χ0n) is 26.6. The fourth-order valence-corrected chi connectivity index (χ4v) is 4.75. The van der Waals surface area contributed by atoms with Gasteiger partial charge in [-0.2, -0.15) is 13.2 Å². The molecule has 2 amide bonds. The number of carboxylic acid groups (broad SMARTS) is 1. The van der Waals surface area contributed by atoms with Gasteiger partial charge in [0, 0.05) is 25.2 Å². The number of benzene rings is 2. The van der Waals surface area contributed by atoms with E-state index in [1.54, 1.807) is 44.2 Å². The molecule has 12 heteroatoms. The van der Waals surface area contributed by atoms with E-state index in [4.69, 9.17) is 0 Å². The minimum absolute atomic E-state index is 0.0121. The van der Waals surface area contributed by atoms with Crippen LogP contribution in [0.3, 0.4) is 0 Å². The van der Waals surface area contributed by atoms with E-state index in [1.165, 1.54) is 32.9 Å². The van der Waals surface area contributed by atoms with Crippen LogP contribution in [0.1, 0.15) is 70.6 Å². The van der Waals surface area contributed by atoms with E-state index in [2.05, 4.69) is 10.6 Å². The van der Waals surface area contributed by atoms with Crippen molar-refractivity contribution in [2.45, 2.75) is 85.0 Å². The summed E-state index contributed by atoms with van der Waals surface area (Å²) in [6.07, 6.45) is -4.88. The quantitative estimate of drug-likeness (QED) is 0.211. The average molecular weight is 647 g/mol. The maximum Gasteiger partial charge on any atom is 0.416 e. The molecule has 0 aliphatic heterocycles. The van der Waals surface area contributed by atoms with Crippen LogP contribution in [0, 0.1) is 17.3 Å². The van der Waals surface area contributed by atoms with Crippen molar-refractivity contribution in [1.82, 2.24) is 10.6 Å². The lowest BCUT2D eigenvalue weighted by Gasteiger charge is -2.27. The van der Waals surface area contributed by atoms with Gasteiger partial charge < -0.3 is 15.7 Å². The molecule has 2 aromatic carbocycles. The summed E-state index contributed by atoms with van der Waals surface area (Å²) < 4.78 is 39.2. The maximum absolute atomic E-state index is 13.4. The molecule has 4 unspecified atom stereocenters. The van der Waals surface area contributed by atoms with Crippen molar-refractivity contribution in [3.05, 3.63) is 71.3 Å². The first-order valence-electron chi connectivity index (χ1n) is 15.0. The molecule has 0 spiro atoms. The summed E-state index contributed by atoms with van der Waals surface area (Å²) in [5.41, 5.74) is -1.21. The number of carbonyl (C=O) groups is 6. The van der Waals surface area contributed by atoms with Gasteiger partial charge in [-0.3, -0.25) is 28.8 Å². The first-order chi connectivity index (χ1) is 21.3. The first-order valence-corrected chi connectivity index (χ1v) is 15.0. The fourth-order valence-electron chi connectivity index (χ4n) is 4.75. The normalized spacial score (nSPS) is 14.3. The summed E-state index contributed by atoms with van der Waals surface area (Å²) in [6, 6.07) is 10.4. The molecular weight excluding hydrogens is 605 g/mol. The number of nitrogens with one attached hydrogen (secondary N) is 2. The van der Waals surface area contributed by atoms with Crippen LogP contribution in [0.4, 0.5) is 13.2 Å². The molecule has 0 saturated carbocycles. The van der Waals surface area contributed by atoms with Crippen molar-refractivity contribution in [3.63, 3.8) is 0 Å². The highest BCUT2D eigenvalue weighted by Gasteiger charge is 2.37. The Balaban J connectivity index is 2.20. The molecule has 3 N–H and O–H groups in total. The second-order valence-electron chi connectivity index (χ2n) is 12.3. The van der Waals surface area contributed by atoms with Crippen LogP contribution in [0.5, 0.6) is 0 Å². The van der Waals surface area contributed by atoms with Crippen LogP contribution in [0.2, 0.25) is 0 Å². The Kier molecular flexibility index (Phi) is 13.4. The third-order valence-corrected chi connectivity index (χ3v) is 7.87. The summed E-state index contributed by atoms with van der Waals surface area (Å²) in [5.74, 6) is -6.55. The molecule has 0 bridgehead atoms. The Labute approximate surface area is 266 Å². The summed E-state index contributed by atoms with van der Waals surface area (Å²) in [4.78, 5) is 76.7. The van der Waals surface area contributed by atoms with Crippen LogP contribution >= 0.6 is 0 Å². The fraction of sp³-hybridized carbons (Fsp3) is 0.471. The SMILES string of the molecule is CCC(C)C(NC(=O)C(=O)C(C)NC(=O)C(CC(=O)Cc1ccccc1)Cc1ccc(C(F)(F)F)cc1)C(=O)CC(C)(C)C(=O)O. The number of alkyl halides is 3. The summed E-state index contributed by atoms with van der Waals surface area (Å²) >= 11 is 0. The molecule has 4 atom stereocenters. The van der Waals surface area contributed by atoms with Gasteiger partial charge in [-0.05, 0) is 56.4 Å². The lowest BCUT2D eigenvalue weighted by molar-refractivity contribution is -0.150. The zero-order valence-corrected chi connectivity index (χ0v) is 26.6. The molecule has 0 heterocycles. The molecule has 2 aromatic rings. The van der Waals surface area contributed by atoms with Gasteiger partial charge in [-0.25, -0.2) is 0 Å². The highest BCUT2D eigenvalue weighted by molar-refractivity contribution is 6.38. The van der Waals surface area contributed by atoms with Crippen molar-refractivity contribution in [3.8, 4) is 0 Å². The van der Waals surface area contributed by atoms with Crippen LogP contribution in [-0.2, 0) is 47.8 Å². The van der Waals surface area contributed by atoms with Crippen molar-refractivity contribution >= 4 is 35.1 Å². The molecule has 0 fully saturated rings. The van der Waals surface area contributed by atoms with Gasteiger partial charge in [0.25, 0.3) is 5.91 Å². The van der Waals surface area contributed by atoms with E-state index in [0.717, 1.165) is 12.1 Å². The van der Waals surface area contributed by atoms with Gasteiger partial charge in [0.2, 0.25) is 11.7 Å². The van der Waals surface area contributed by atoms with Crippen molar-refractivity contribution < 1.29 is 47.0 Å². The number of carboxylic acids is 1. The zero-order chi connectivity index (χ0) is 34.8. The van der Waals surface area contributed by atoms with Gasteiger partial charge in [0.1, 0.15) is 5.78 Å². The van der Waals surface area contributed by atoms with Crippen LogP contribution in [0.25, 0.3) is 0 Å². The van der Waals surface area contributed by atoms with Crippen LogP contribution in [-0.4, -0.2) is 52.3 Å². The number of carbonyl (C=O) groups excluding carboxylic acids is 5. The number of aliphatic carboxylic acids is 1. The molecule has 2 rings (SSSR count).